The second-order valence-corrected chi connectivity index (χ2v) is 4.33. The lowest BCUT2D eigenvalue weighted by atomic mass is 10.1. The molecule has 2 rings (SSSR count). The molecule has 0 aliphatic carbocycles. The third-order valence-electron chi connectivity index (χ3n) is 2.74. The molecule has 0 aliphatic heterocycles. The van der Waals surface area contributed by atoms with Gasteiger partial charge in [0.2, 0.25) is 0 Å². The fourth-order valence-electron chi connectivity index (χ4n) is 1.62. The van der Waals surface area contributed by atoms with Crippen LogP contribution in [0.1, 0.15) is 18.6 Å². The third kappa shape index (κ3) is 6.65. The minimum atomic E-state index is -0.417. The Bertz CT molecular complexity index is 518. The van der Waals surface area contributed by atoms with Crippen LogP contribution >= 0.6 is 0 Å². The van der Waals surface area contributed by atoms with Gasteiger partial charge in [0, 0.05) is 18.7 Å². The fourth-order valence-corrected chi connectivity index (χ4v) is 1.62. The van der Waals surface area contributed by atoms with E-state index in [9.17, 15) is 15.2 Å². The van der Waals surface area contributed by atoms with Gasteiger partial charge in [-0.3, -0.25) is 10.1 Å². The average Bonchev–Trinajstić information content (AvgIpc) is 2.55. The quantitative estimate of drug-likeness (QED) is 0.655. The molecule has 0 radical (unpaired) electrons. The summed E-state index contributed by atoms with van der Waals surface area (Å²) in [4.78, 5) is 9.59. The second kappa shape index (κ2) is 9.63. The first-order valence-electron chi connectivity index (χ1n) is 6.78. The first-order chi connectivity index (χ1) is 10.1. The minimum Gasteiger partial charge on any atom is -0.387 e. The van der Waals surface area contributed by atoms with Crippen LogP contribution in [0.3, 0.4) is 0 Å². The van der Waals surface area contributed by atoms with Crippen molar-refractivity contribution in [1.82, 2.24) is 5.32 Å². The van der Waals surface area contributed by atoms with Gasteiger partial charge in [-0.1, -0.05) is 55.5 Å². The highest BCUT2D eigenvalue weighted by Gasteiger charge is 2.04. The Morgan fingerprint density at radius 1 is 1.10 bits per heavy atom. The molecule has 2 N–H and O–H groups in total. The molecule has 2 aromatic rings. The lowest BCUT2D eigenvalue weighted by molar-refractivity contribution is -0.384. The van der Waals surface area contributed by atoms with Crippen molar-refractivity contribution in [2.24, 2.45) is 0 Å². The first kappa shape index (κ1) is 16.8. The van der Waals surface area contributed by atoms with Gasteiger partial charge >= 0.3 is 0 Å². The van der Waals surface area contributed by atoms with Gasteiger partial charge < -0.3 is 10.4 Å². The predicted octanol–water partition coefficient (Wildman–Crippen LogP) is 2.92. The topological polar surface area (TPSA) is 75.4 Å². The summed E-state index contributed by atoms with van der Waals surface area (Å²) in [6, 6.07) is 17.6. The van der Waals surface area contributed by atoms with Crippen molar-refractivity contribution in [3.63, 3.8) is 0 Å². The van der Waals surface area contributed by atoms with Crippen molar-refractivity contribution in [2.45, 2.75) is 13.0 Å². The van der Waals surface area contributed by atoms with Crippen LogP contribution in [0.4, 0.5) is 5.69 Å². The third-order valence-corrected chi connectivity index (χ3v) is 2.74. The van der Waals surface area contributed by atoms with Crippen LogP contribution in [0, 0.1) is 10.1 Å². The Kier molecular flexibility index (Phi) is 7.71. The summed E-state index contributed by atoms with van der Waals surface area (Å²) in [6.45, 7) is 3.54. The average molecular weight is 288 g/mol. The molecule has 0 unspecified atom stereocenters. The van der Waals surface area contributed by atoms with E-state index >= 15 is 0 Å². The molecule has 0 aromatic heterocycles. The van der Waals surface area contributed by atoms with E-state index in [1.807, 2.05) is 37.3 Å². The van der Waals surface area contributed by atoms with Crippen molar-refractivity contribution >= 4 is 5.69 Å². The van der Waals surface area contributed by atoms with Crippen LogP contribution in [-0.4, -0.2) is 23.1 Å². The van der Waals surface area contributed by atoms with Crippen LogP contribution in [0.5, 0.6) is 0 Å². The van der Waals surface area contributed by atoms with Gasteiger partial charge in [0.15, 0.2) is 0 Å². The summed E-state index contributed by atoms with van der Waals surface area (Å²) in [7, 11) is 0. The summed E-state index contributed by atoms with van der Waals surface area (Å²) < 4.78 is 0. The highest BCUT2D eigenvalue weighted by atomic mass is 16.6. The Hall–Kier alpha value is -2.24. The van der Waals surface area contributed by atoms with Crippen molar-refractivity contribution in [3.05, 3.63) is 76.3 Å². The van der Waals surface area contributed by atoms with E-state index in [1.165, 1.54) is 12.1 Å². The lowest BCUT2D eigenvalue weighted by Crippen LogP contribution is -2.20. The highest BCUT2D eigenvalue weighted by molar-refractivity contribution is 5.28. The van der Waals surface area contributed by atoms with Crippen molar-refractivity contribution < 1.29 is 10.0 Å². The van der Waals surface area contributed by atoms with Crippen molar-refractivity contribution in [2.75, 3.05) is 13.1 Å². The Morgan fingerprint density at radius 3 is 2.05 bits per heavy atom. The van der Waals surface area contributed by atoms with E-state index in [4.69, 9.17) is 0 Å². The molecule has 0 heterocycles. The van der Waals surface area contributed by atoms with Crippen LogP contribution in [0.2, 0.25) is 0 Å². The number of nitro groups is 1. The smallest absolute Gasteiger partial charge is 0.269 e. The zero-order valence-electron chi connectivity index (χ0n) is 12.0. The van der Waals surface area contributed by atoms with E-state index in [0.29, 0.717) is 6.54 Å². The number of likely N-dealkylation sites (N-methyl/N-ethyl adjacent to an activating group) is 1. The number of hydrogen-bond donors (Lipinski definition) is 2. The molecule has 0 saturated heterocycles. The number of aliphatic hydroxyl groups is 1. The largest absolute Gasteiger partial charge is 0.387 e. The molecule has 1 atom stereocenters. The van der Waals surface area contributed by atoms with E-state index in [-0.39, 0.29) is 11.8 Å². The Balaban J connectivity index is 0.000000219. The summed E-state index contributed by atoms with van der Waals surface area (Å²) in [5, 5.41) is 22.7. The van der Waals surface area contributed by atoms with Crippen LogP contribution < -0.4 is 5.32 Å². The molecule has 0 saturated carbocycles. The normalized spacial score (nSPS) is 11.1. The van der Waals surface area contributed by atoms with Crippen molar-refractivity contribution in [3.8, 4) is 0 Å². The van der Waals surface area contributed by atoms with Gasteiger partial charge in [0.25, 0.3) is 5.69 Å². The monoisotopic (exact) mass is 288 g/mol. The zero-order valence-corrected chi connectivity index (χ0v) is 12.0. The van der Waals surface area contributed by atoms with Gasteiger partial charge in [-0.2, -0.15) is 0 Å². The number of hydrogen-bond acceptors (Lipinski definition) is 4. The van der Waals surface area contributed by atoms with Gasteiger partial charge in [-0.15, -0.1) is 0 Å². The molecule has 0 bridgehead atoms. The fraction of sp³-hybridized carbons (Fsp3) is 0.250. The number of nitrogens with one attached hydrogen (secondary N) is 1. The Morgan fingerprint density at radius 2 is 1.62 bits per heavy atom. The van der Waals surface area contributed by atoms with Gasteiger partial charge in [-0.25, -0.2) is 0 Å². The van der Waals surface area contributed by atoms with Gasteiger partial charge in [0.1, 0.15) is 0 Å². The molecule has 112 valence electrons. The molecule has 5 heteroatoms. The molecule has 0 fully saturated rings. The van der Waals surface area contributed by atoms with E-state index in [0.717, 1.165) is 12.1 Å². The number of nitrogens with zero attached hydrogens (tertiary/aromatic N) is 1. The molecule has 0 amide bonds. The number of non-ortho nitro benzene ring substituents is 1. The maximum Gasteiger partial charge on any atom is 0.269 e. The Labute approximate surface area is 124 Å². The summed E-state index contributed by atoms with van der Waals surface area (Å²) >= 11 is 0. The van der Waals surface area contributed by atoms with Gasteiger partial charge in [0.05, 0.1) is 11.0 Å². The number of nitro benzene ring substituents is 1. The van der Waals surface area contributed by atoms with E-state index in [2.05, 4.69) is 5.32 Å². The summed E-state index contributed by atoms with van der Waals surface area (Å²) in [6.07, 6.45) is -0.383. The van der Waals surface area contributed by atoms with Crippen LogP contribution in [0.15, 0.2) is 60.7 Å². The molecule has 0 aliphatic rings. The molecule has 0 spiro atoms. The summed E-state index contributed by atoms with van der Waals surface area (Å²) in [5.41, 5.74) is 1.11. The number of para-hydroxylation sites is 1. The number of benzene rings is 2. The molecule has 5 nitrogen and oxygen atoms in total. The lowest BCUT2D eigenvalue weighted by Gasteiger charge is -2.10. The maximum absolute atomic E-state index is 10.0. The molecular weight excluding hydrogens is 268 g/mol. The number of rotatable bonds is 5. The molecule has 2 aromatic carbocycles. The predicted molar refractivity (Wildman–Crippen MR) is 83.0 cm³/mol. The number of aliphatic hydroxyl groups excluding tert-OH is 1. The zero-order chi connectivity index (χ0) is 15.5. The molecule has 21 heavy (non-hydrogen) atoms. The second-order valence-electron chi connectivity index (χ2n) is 4.33. The van der Waals surface area contributed by atoms with E-state index in [1.54, 1.807) is 18.2 Å². The van der Waals surface area contributed by atoms with Crippen molar-refractivity contribution in [1.29, 1.82) is 0 Å². The standard InChI is InChI=1S/C10H15NO.C6H5NO2/c1-2-11-8-10(12)9-6-4-3-5-7-9;8-7(9)6-4-2-1-3-5-6/h3-7,10-12H,2,8H2,1H3;1-5H/t10-;/m0./s1. The summed E-state index contributed by atoms with van der Waals surface area (Å²) in [5.74, 6) is 0. The maximum atomic E-state index is 10.0. The van der Waals surface area contributed by atoms with Gasteiger partial charge in [-0.05, 0) is 12.1 Å². The molecular formula is C16H20N2O3. The van der Waals surface area contributed by atoms with Crippen LogP contribution in [-0.2, 0) is 0 Å². The first-order valence-corrected chi connectivity index (χ1v) is 6.78. The minimum absolute atomic E-state index is 0.137. The SMILES string of the molecule is CCNC[C@H](O)c1ccccc1.O=[N+]([O-])c1ccccc1. The highest BCUT2D eigenvalue weighted by Crippen LogP contribution is 2.10. The van der Waals surface area contributed by atoms with Crippen LogP contribution in [0.25, 0.3) is 0 Å². The van der Waals surface area contributed by atoms with E-state index < -0.39 is 4.92 Å².